The summed E-state index contributed by atoms with van der Waals surface area (Å²) in [5, 5.41) is 0. The van der Waals surface area contributed by atoms with Crippen molar-refractivity contribution < 1.29 is 0 Å². The van der Waals surface area contributed by atoms with Crippen molar-refractivity contribution >= 4 is 22.6 Å². The molecule has 0 amide bonds. The Morgan fingerprint density at radius 1 is 1.64 bits per heavy atom. The van der Waals surface area contributed by atoms with Crippen molar-refractivity contribution in [3.63, 3.8) is 0 Å². The number of nitrogens with one attached hydrogen (secondary N) is 1. The molecule has 0 spiro atoms. The first-order valence-electron chi connectivity index (χ1n) is 3.40. The minimum atomic E-state index is -0.0325. The van der Waals surface area contributed by atoms with E-state index in [1.165, 1.54) is 0 Å². The van der Waals surface area contributed by atoms with Gasteiger partial charge in [0.1, 0.15) is 5.82 Å². The van der Waals surface area contributed by atoms with Crippen molar-refractivity contribution in [2.24, 2.45) is 0 Å². The molecule has 0 fully saturated rings. The highest BCUT2D eigenvalue weighted by atomic mass is 127. The zero-order chi connectivity index (χ0) is 8.43. The third-order valence-corrected chi connectivity index (χ3v) is 2.50. The molecule has 11 heavy (non-hydrogen) atoms. The van der Waals surface area contributed by atoms with Gasteiger partial charge in [0.2, 0.25) is 0 Å². The largest absolute Gasteiger partial charge is 0.310 e. The van der Waals surface area contributed by atoms with Gasteiger partial charge < -0.3 is 4.98 Å². The molecule has 1 rings (SSSR count). The number of aromatic amines is 1. The Kier molecular flexibility index (Phi) is 2.64. The zero-order valence-corrected chi connectivity index (χ0v) is 8.60. The van der Waals surface area contributed by atoms with Crippen LogP contribution in [-0.4, -0.2) is 9.97 Å². The number of aryl methyl sites for hydroxylation is 2. The zero-order valence-electron chi connectivity index (χ0n) is 6.44. The maximum Gasteiger partial charge on any atom is 0.264 e. The molecule has 0 aromatic carbocycles. The minimum Gasteiger partial charge on any atom is -0.310 e. The van der Waals surface area contributed by atoms with E-state index in [9.17, 15) is 4.79 Å². The Morgan fingerprint density at radius 2 is 2.27 bits per heavy atom. The van der Waals surface area contributed by atoms with Gasteiger partial charge in [-0.2, -0.15) is 0 Å². The van der Waals surface area contributed by atoms with Crippen molar-refractivity contribution in [3.8, 4) is 0 Å². The van der Waals surface area contributed by atoms with Crippen LogP contribution in [-0.2, 0) is 6.42 Å². The number of H-pyrrole nitrogens is 1. The molecule has 0 unspecified atom stereocenters. The third-order valence-electron chi connectivity index (χ3n) is 1.38. The molecule has 0 bridgehead atoms. The molecule has 0 saturated heterocycles. The second-order valence-corrected chi connectivity index (χ2v) is 3.34. The molecule has 1 aromatic rings. The molecule has 0 radical (unpaired) electrons. The summed E-state index contributed by atoms with van der Waals surface area (Å²) in [4.78, 5) is 17.9. The van der Waals surface area contributed by atoms with Crippen molar-refractivity contribution in [3.05, 3.63) is 25.4 Å². The van der Waals surface area contributed by atoms with E-state index in [-0.39, 0.29) is 5.56 Å². The first-order valence-corrected chi connectivity index (χ1v) is 4.48. The van der Waals surface area contributed by atoms with Crippen LogP contribution in [0.2, 0.25) is 0 Å². The highest BCUT2D eigenvalue weighted by Gasteiger charge is 2.03. The van der Waals surface area contributed by atoms with E-state index in [1.54, 1.807) is 6.92 Å². The molecule has 1 aromatic heterocycles. The van der Waals surface area contributed by atoms with Crippen molar-refractivity contribution in [2.45, 2.75) is 20.3 Å². The first-order chi connectivity index (χ1) is 5.15. The van der Waals surface area contributed by atoms with Crippen molar-refractivity contribution in [1.29, 1.82) is 0 Å². The number of hydrogen-bond acceptors (Lipinski definition) is 2. The number of aromatic nitrogens is 2. The predicted octanol–water partition coefficient (Wildman–Crippen LogP) is 1.25. The van der Waals surface area contributed by atoms with Crippen molar-refractivity contribution in [2.75, 3.05) is 0 Å². The van der Waals surface area contributed by atoms with Gasteiger partial charge in [0.25, 0.3) is 5.56 Å². The van der Waals surface area contributed by atoms with Crippen LogP contribution in [0.3, 0.4) is 0 Å². The number of rotatable bonds is 1. The summed E-state index contributed by atoms with van der Waals surface area (Å²) >= 11 is 2.02. The fraction of sp³-hybridized carbons (Fsp3) is 0.429. The average Bonchev–Trinajstić information content (AvgIpc) is 1.96. The molecule has 3 nitrogen and oxygen atoms in total. The summed E-state index contributed by atoms with van der Waals surface area (Å²) in [5.74, 6) is 0.687. The lowest BCUT2D eigenvalue weighted by Gasteiger charge is -1.99. The molecule has 4 heteroatoms. The Morgan fingerprint density at radius 3 is 2.82 bits per heavy atom. The molecule has 60 valence electrons. The summed E-state index contributed by atoms with van der Waals surface area (Å²) in [6, 6.07) is 0. The Balaban J connectivity index is 3.36. The summed E-state index contributed by atoms with van der Waals surface area (Å²) in [6.07, 6.45) is 0.809. The lowest BCUT2D eigenvalue weighted by molar-refractivity contribution is 0.913. The smallest absolute Gasteiger partial charge is 0.264 e. The van der Waals surface area contributed by atoms with Crippen LogP contribution in [0.25, 0.3) is 0 Å². The van der Waals surface area contributed by atoms with Crippen LogP contribution in [0.15, 0.2) is 4.79 Å². The first kappa shape index (κ1) is 8.70. The van der Waals surface area contributed by atoms with Gasteiger partial charge in [0, 0.05) is 0 Å². The topological polar surface area (TPSA) is 45.8 Å². The molecule has 1 N–H and O–H groups in total. The predicted molar refractivity (Wildman–Crippen MR) is 51.7 cm³/mol. The Hall–Kier alpha value is -0.390. The lowest BCUT2D eigenvalue weighted by Crippen LogP contribution is -2.15. The average molecular weight is 264 g/mol. The quantitative estimate of drug-likeness (QED) is 0.776. The van der Waals surface area contributed by atoms with Gasteiger partial charge in [-0.05, 0) is 35.9 Å². The summed E-state index contributed by atoms with van der Waals surface area (Å²) < 4.78 is 0.704. The van der Waals surface area contributed by atoms with Crippen LogP contribution >= 0.6 is 22.6 Å². The van der Waals surface area contributed by atoms with Gasteiger partial charge in [-0.25, -0.2) is 4.98 Å². The second kappa shape index (κ2) is 3.34. The number of hydrogen-bond donors (Lipinski definition) is 1. The van der Waals surface area contributed by atoms with E-state index in [0.717, 1.165) is 12.1 Å². The van der Waals surface area contributed by atoms with Gasteiger partial charge >= 0.3 is 0 Å². The Bertz CT molecular complexity index is 319. The van der Waals surface area contributed by atoms with Crippen molar-refractivity contribution in [1.82, 2.24) is 9.97 Å². The van der Waals surface area contributed by atoms with Crippen LogP contribution in [0.4, 0.5) is 0 Å². The fourth-order valence-corrected chi connectivity index (χ4v) is 1.50. The van der Waals surface area contributed by atoms with E-state index in [4.69, 9.17) is 0 Å². The second-order valence-electron chi connectivity index (χ2n) is 2.27. The monoisotopic (exact) mass is 264 g/mol. The van der Waals surface area contributed by atoms with Crippen LogP contribution in [0.5, 0.6) is 0 Å². The van der Waals surface area contributed by atoms with Gasteiger partial charge in [-0.1, -0.05) is 6.92 Å². The molecule has 0 saturated carbocycles. The number of halogens is 1. The summed E-state index contributed by atoms with van der Waals surface area (Å²) in [7, 11) is 0. The minimum absolute atomic E-state index is 0.0325. The molecule has 0 atom stereocenters. The fourth-order valence-electron chi connectivity index (χ4n) is 0.864. The molecular weight excluding hydrogens is 255 g/mol. The van der Waals surface area contributed by atoms with Crippen LogP contribution < -0.4 is 5.56 Å². The Labute approximate surface area is 78.4 Å². The maximum atomic E-state index is 11.1. The molecule has 0 aliphatic heterocycles. The van der Waals surface area contributed by atoms with Gasteiger partial charge in [-0.15, -0.1) is 0 Å². The van der Waals surface area contributed by atoms with Crippen LogP contribution in [0, 0.1) is 10.5 Å². The maximum absolute atomic E-state index is 11.1. The molecule has 0 aliphatic carbocycles. The van der Waals surface area contributed by atoms with Crippen LogP contribution in [0.1, 0.15) is 18.4 Å². The van der Waals surface area contributed by atoms with Gasteiger partial charge in [-0.3, -0.25) is 4.79 Å². The molecule has 1 heterocycles. The summed E-state index contributed by atoms with van der Waals surface area (Å²) in [6.45, 7) is 3.78. The normalized spacial score (nSPS) is 10.1. The summed E-state index contributed by atoms with van der Waals surface area (Å²) in [5.41, 5.74) is 0.849. The van der Waals surface area contributed by atoms with Gasteiger partial charge in [0.05, 0.1) is 9.26 Å². The SMILES string of the molecule is CCc1nc(C)[nH]c(=O)c1I. The highest BCUT2D eigenvalue weighted by molar-refractivity contribution is 14.1. The van der Waals surface area contributed by atoms with E-state index in [0.29, 0.717) is 9.39 Å². The van der Waals surface area contributed by atoms with Gasteiger partial charge in [0.15, 0.2) is 0 Å². The van der Waals surface area contributed by atoms with E-state index < -0.39 is 0 Å². The van der Waals surface area contributed by atoms with E-state index in [2.05, 4.69) is 9.97 Å². The molecular formula is C7H9IN2O. The van der Waals surface area contributed by atoms with E-state index >= 15 is 0 Å². The number of nitrogens with zero attached hydrogens (tertiary/aromatic N) is 1. The standard InChI is InChI=1S/C7H9IN2O/c1-3-5-6(8)7(11)10-4(2)9-5/h3H2,1-2H3,(H,9,10,11). The third kappa shape index (κ3) is 1.79. The molecule has 0 aliphatic rings. The lowest BCUT2D eigenvalue weighted by atomic mass is 10.3. The highest BCUT2D eigenvalue weighted by Crippen LogP contribution is 2.03. The van der Waals surface area contributed by atoms with E-state index in [1.807, 2.05) is 29.5 Å².